The van der Waals surface area contributed by atoms with Crippen LogP contribution < -0.4 is 10.2 Å². The number of carbonyl (C=O) groups excluding carboxylic acids is 1. The smallest absolute Gasteiger partial charge is 0.279 e. The summed E-state index contributed by atoms with van der Waals surface area (Å²) in [4.78, 5) is 21.2. The van der Waals surface area contributed by atoms with Crippen molar-refractivity contribution >= 4 is 29.2 Å². The molecule has 170 valence electrons. The number of methoxy groups -OCH3 is 1. The third kappa shape index (κ3) is 4.96. The van der Waals surface area contributed by atoms with Crippen LogP contribution in [0.15, 0.2) is 67.0 Å². The lowest BCUT2D eigenvalue weighted by molar-refractivity contribution is 0.0705. The average Bonchev–Trinajstić information content (AvgIpc) is 2.86. The van der Waals surface area contributed by atoms with Crippen molar-refractivity contribution in [3.8, 4) is 28.1 Å². The Balaban J connectivity index is 0.00000306. The topological polar surface area (TPSA) is 105 Å². The molecule has 0 unspecified atom stereocenters. The van der Waals surface area contributed by atoms with Crippen molar-refractivity contribution in [2.45, 2.75) is 12.8 Å². The minimum Gasteiger partial charge on any atom is -0.494 e. The van der Waals surface area contributed by atoms with E-state index in [1.54, 1.807) is 17.7 Å². The third-order valence-electron chi connectivity index (χ3n) is 5.34. The summed E-state index contributed by atoms with van der Waals surface area (Å²) >= 11 is 0. The second-order valence-corrected chi connectivity index (χ2v) is 7.30. The summed E-state index contributed by atoms with van der Waals surface area (Å²) in [6.07, 6.45) is 4.72. The van der Waals surface area contributed by atoms with Crippen LogP contribution in [-0.2, 0) is 6.42 Å². The second kappa shape index (κ2) is 10.9. The zero-order valence-corrected chi connectivity index (χ0v) is 18.8. The zero-order chi connectivity index (χ0) is 22.5. The Hall–Kier alpha value is -3.52. The first-order valence-electron chi connectivity index (χ1n) is 10.2. The number of aryl methyl sites for hydroxylation is 1. The molecule has 7 nitrogen and oxygen atoms in total. The summed E-state index contributed by atoms with van der Waals surface area (Å²) in [5.74, 6) is -0.431. The number of aromatic nitrogens is 2. The van der Waals surface area contributed by atoms with Crippen molar-refractivity contribution in [1.29, 1.82) is 0 Å². The summed E-state index contributed by atoms with van der Waals surface area (Å²) in [5, 5.41) is 18.7. The Morgan fingerprint density at radius 1 is 1.00 bits per heavy atom. The van der Waals surface area contributed by atoms with E-state index in [2.05, 4.69) is 34.2 Å². The predicted molar refractivity (Wildman–Crippen MR) is 129 cm³/mol. The Morgan fingerprint density at radius 3 is 2.24 bits per heavy atom. The van der Waals surface area contributed by atoms with Crippen molar-refractivity contribution in [2.75, 3.05) is 13.7 Å². The van der Waals surface area contributed by atoms with Gasteiger partial charge in [0.1, 0.15) is 5.69 Å². The molecule has 0 bridgehead atoms. The van der Waals surface area contributed by atoms with Gasteiger partial charge in [0.05, 0.1) is 18.2 Å². The summed E-state index contributed by atoms with van der Waals surface area (Å²) in [6, 6.07) is 17.8. The molecule has 8 heteroatoms. The fourth-order valence-electron chi connectivity index (χ4n) is 3.73. The fraction of sp³-hybridized carbons (Fsp3) is 0.160. The van der Waals surface area contributed by atoms with Crippen LogP contribution in [0, 0.1) is 0 Å². The maximum Gasteiger partial charge on any atom is 0.279 e. The molecule has 2 heterocycles. The molecule has 0 fully saturated rings. The molecule has 0 spiro atoms. The minimum atomic E-state index is -0.693. The van der Waals surface area contributed by atoms with E-state index >= 15 is 0 Å². The number of benzene rings is 2. The number of halogens is 1. The van der Waals surface area contributed by atoms with E-state index in [0.29, 0.717) is 16.6 Å². The number of pyridine rings is 2. The van der Waals surface area contributed by atoms with Gasteiger partial charge in [-0.05, 0) is 35.6 Å². The number of amides is 1. The van der Waals surface area contributed by atoms with Gasteiger partial charge in [-0.2, -0.15) is 0 Å². The van der Waals surface area contributed by atoms with Gasteiger partial charge in [-0.1, -0.05) is 48.5 Å². The van der Waals surface area contributed by atoms with Crippen molar-refractivity contribution in [1.82, 2.24) is 15.4 Å². The lowest BCUT2D eigenvalue weighted by Gasteiger charge is -2.15. The number of ether oxygens (including phenoxy) is 1. The second-order valence-electron chi connectivity index (χ2n) is 7.30. The molecule has 0 saturated heterocycles. The molecular weight excluding hydrogens is 442 g/mol. The van der Waals surface area contributed by atoms with E-state index < -0.39 is 5.91 Å². The van der Waals surface area contributed by atoms with Gasteiger partial charge in [0, 0.05) is 30.0 Å². The van der Waals surface area contributed by atoms with Gasteiger partial charge < -0.3 is 9.84 Å². The quantitative estimate of drug-likeness (QED) is 0.275. The number of carbonyl (C=O) groups is 1. The Bertz CT molecular complexity index is 1250. The minimum absolute atomic E-state index is 0. The highest BCUT2D eigenvalue weighted by Gasteiger charge is 2.22. The number of hydrogen-bond donors (Lipinski definition) is 3. The first-order chi connectivity index (χ1) is 15.7. The molecule has 4 aromatic rings. The number of hydrogen-bond acceptors (Lipinski definition) is 6. The predicted octanol–water partition coefficient (Wildman–Crippen LogP) is 4.44. The molecule has 0 saturated carbocycles. The normalized spacial score (nSPS) is 10.5. The standard InChI is InChI=1S/C25H23N3O4.ClH/c1-32-24-22(25(30)28-31)20-15-26-13-12-21(20)27-23(24)19-10-8-18(9-11-19)17-6-4-16(5-7-17)3-2-14-29;/h4-13,15,29,31H,2-3,14H2,1H3,(H,28,30);1H. The van der Waals surface area contributed by atoms with E-state index in [9.17, 15) is 10.0 Å². The van der Waals surface area contributed by atoms with E-state index in [0.717, 1.165) is 29.5 Å². The summed E-state index contributed by atoms with van der Waals surface area (Å²) in [6.45, 7) is 0.188. The first kappa shape index (κ1) is 24.1. The number of rotatable bonds is 7. The van der Waals surface area contributed by atoms with Crippen LogP contribution in [-0.4, -0.2) is 39.9 Å². The zero-order valence-electron chi connectivity index (χ0n) is 18.0. The summed E-state index contributed by atoms with van der Waals surface area (Å²) in [5.41, 5.74) is 7.00. The van der Waals surface area contributed by atoms with Gasteiger partial charge in [-0.15, -0.1) is 12.4 Å². The maximum atomic E-state index is 12.4. The third-order valence-corrected chi connectivity index (χ3v) is 5.34. The molecule has 0 aliphatic rings. The highest BCUT2D eigenvalue weighted by atomic mass is 35.5. The Labute approximate surface area is 197 Å². The van der Waals surface area contributed by atoms with Gasteiger partial charge in [0.2, 0.25) is 0 Å². The summed E-state index contributed by atoms with van der Waals surface area (Å²) in [7, 11) is 1.46. The van der Waals surface area contributed by atoms with Gasteiger partial charge in [0.15, 0.2) is 5.75 Å². The average molecular weight is 466 g/mol. The number of nitrogens with zero attached hydrogens (tertiary/aromatic N) is 2. The lowest BCUT2D eigenvalue weighted by Crippen LogP contribution is -2.20. The fourth-order valence-corrected chi connectivity index (χ4v) is 3.73. The van der Waals surface area contributed by atoms with E-state index in [-0.39, 0.29) is 30.3 Å². The number of nitrogens with one attached hydrogen (secondary N) is 1. The molecule has 33 heavy (non-hydrogen) atoms. The molecular formula is C25H24ClN3O4. The first-order valence-corrected chi connectivity index (χ1v) is 10.2. The Morgan fingerprint density at radius 2 is 1.64 bits per heavy atom. The number of aliphatic hydroxyl groups is 1. The Kier molecular flexibility index (Phi) is 7.95. The van der Waals surface area contributed by atoms with Gasteiger partial charge >= 0.3 is 0 Å². The SMILES string of the molecule is COc1c(-c2ccc(-c3ccc(CCCO)cc3)cc2)nc2ccncc2c1C(=O)NO.Cl. The highest BCUT2D eigenvalue weighted by molar-refractivity contribution is 6.09. The van der Waals surface area contributed by atoms with Crippen molar-refractivity contribution in [2.24, 2.45) is 0 Å². The van der Waals surface area contributed by atoms with Crippen LogP contribution in [0.2, 0.25) is 0 Å². The molecule has 1 amide bonds. The molecule has 2 aromatic heterocycles. The van der Waals surface area contributed by atoms with Crippen molar-refractivity contribution < 1.29 is 19.8 Å². The lowest BCUT2D eigenvalue weighted by atomic mass is 9.99. The van der Waals surface area contributed by atoms with Crippen LogP contribution in [0.25, 0.3) is 33.3 Å². The van der Waals surface area contributed by atoms with Crippen molar-refractivity contribution in [3.05, 3.63) is 78.1 Å². The largest absolute Gasteiger partial charge is 0.494 e. The molecule has 0 radical (unpaired) electrons. The van der Waals surface area contributed by atoms with E-state index in [1.807, 2.05) is 24.3 Å². The molecule has 3 N–H and O–H groups in total. The molecule has 0 aliphatic heterocycles. The number of hydroxylamine groups is 1. The van der Waals surface area contributed by atoms with E-state index in [1.165, 1.54) is 18.9 Å². The van der Waals surface area contributed by atoms with Crippen LogP contribution in [0.5, 0.6) is 5.75 Å². The van der Waals surface area contributed by atoms with Crippen LogP contribution in [0.1, 0.15) is 22.3 Å². The molecule has 4 rings (SSSR count). The number of aliphatic hydroxyl groups excluding tert-OH is 1. The molecule has 0 atom stereocenters. The molecule has 2 aromatic carbocycles. The van der Waals surface area contributed by atoms with Crippen molar-refractivity contribution in [3.63, 3.8) is 0 Å². The van der Waals surface area contributed by atoms with Crippen LogP contribution in [0.3, 0.4) is 0 Å². The van der Waals surface area contributed by atoms with E-state index in [4.69, 9.17) is 9.84 Å². The van der Waals surface area contributed by atoms with Gasteiger partial charge in [-0.3, -0.25) is 15.0 Å². The maximum absolute atomic E-state index is 12.4. The van der Waals surface area contributed by atoms with Gasteiger partial charge in [0.25, 0.3) is 5.91 Å². The highest BCUT2D eigenvalue weighted by Crippen LogP contribution is 2.36. The van der Waals surface area contributed by atoms with Crippen LogP contribution in [0.4, 0.5) is 0 Å². The van der Waals surface area contributed by atoms with Gasteiger partial charge in [-0.25, -0.2) is 10.5 Å². The monoisotopic (exact) mass is 465 g/mol. The molecule has 0 aliphatic carbocycles. The number of fused-ring (bicyclic) bond motifs is 1. The summed E-state index contributed by atoms with van der Waals surface area (Å²) < 4.78 is 5.54. The van der Waals surface area contributed by atoms with Crippen LogP contribution >= 0.6 is 12.4 Å².